The van der Waals surface area contributed by atoms with Crippen molar-refractivity contribution in [3.8, 4) is 11.5 Å². The summed E-state index contributed by atoms with van der Waals surface area (Å²) in [6.45, 7) is 0. The van der Waals surface area contributed by atoms with Gasteiger partial charge in [0.05, 0.1) is 20.3 Å². The quantitative estimate of drug-likeness (QED) is 0.634. The molecule has 3 N–H and O–H groups in total. The van der Waals surface area contributed by atoms with Crippen molar-refractivity contribution in [1.82, 2.24) is 5.43 Å². The molecule has 4 nitrogen and oxygen atoms in total. The van der Waals surface area contributed by atoms with Crippen LogP contribution in [-0.2, 0) is 6.42 Å². The van der Waals surface area contributed by atoms with Crippen molar-refractivity contribution < 1.29 is 13.9 Å². The van der Waals surface area contributed by atoms with E-state index in [0.717, 1.165) is 11.3 Å². The molecule has 2 aromatic rings. The largest absolute Gasteiger partial charge is 0.496 e. The first-order valence-electron chi connectivity index (χ1n) is 6.61. The van der Waals surface area contributed by atoms with Crippen LogP contribution >= 0.6 is 0 Å². The molecule has 0 amide bonds. The Balaban J connectivity index is 2.32. The number of methoxy groups -OCH3 is 2. The van der Waals surface area contributed by atoms with E-state index in [9.17, 15) is 4.39 Å². The van der Waals surface area contributed by atoms with E-state index >= 15 is 0 Å². The summed E-state index contributed by atoms with van der Waals surface area (Å²) < 4.78 is 24.7. The molecule has 1 unspecified atom stereocenters. The Morgan fingerprint density at radius 3 is 2.38 bits per heavy atom. The number of para-hydroxylation sites is 1. The molecule has 0 aromatic heterocycles. The van der Waals surface area contributed by atoms with E-state index < -0.39 is 5.82 Å². The van der Waals surface area contributed by atoms with E-state index in [1.54, 1.807) is 25.3 Å². The van der Waals surface area contributed by atoms with Gasteiger partial charge in [-0.15, -0.1) is 0 Å². The molecule has 0 aliphatic carbocycles. The summed E-state index contributed by atoms with van der Waals surface area (Å²) in [6.07, 6.45) is 0.505. The summed E-state index contributed by atoms with van der Waals surface area (Å²) in [7, 11) is 3.04. The second kappa shape index (κ2) is 7.06. The fourth-order valence-corrected chi connectivity index (χ4v) is 2.30. The van der Waals surface area contributed by atoms with Crippen LogP contribution in [0.2, 0.25) is 0 Å². The third-order valence-corrected chi connectivity index (χ3v) is 3.41. The lowest BCUT2D eigenvalue weighted by Gasteiger charge is -2.19. The van der Waals surface area contributed by atoms with Gasteiger partial charge < -0.3 is 9.47 Å². The highest BCUT2D eigenvalue weighted by Gasteiger charge is 2.19. The fraction of sp³-hybridized carbons (Fsp3) is 0.250. The Hall–Kier alpha value is -2.11. The van der Waals surface area contributed by atoms with Gasteiger partial charge in [-0.2, -0.15) is 0 Å². The molecular formula is C16H19FN2O2. The Labute approximate surface area is 123 Å². The molecule has 0 spiro atoms. The molecule has 0 saturated carbocycles. The average Bonchev–Trinajstić information content (AvgIpc) is 2.53. The summed E-state index contributed by atoms with van der Waals surface area (Å²) in [5.74, 6) is 6.15. The van der Waals surface area contributed by atoms with Gasteiger partial charge >= 0.3 is 0 Å². The highest BCUT2D eigenvalue weighted by atomic mass is 19.1. The number of benzene rings is 2. The highest BCUT2D eigenvalue weighted by molar-refractivity contribution is 5.37. The molecule has 5 heteroatoms. The SMILES string of the molecule is COc1ccccc1CC(NN)c1cccc(OC)c1F. The molecule has 2 rings (SSSR count). The van der Waals surface area contributed by atoms with Crippen LogP contribution in [0.3, 0.4) is 0 Å². The van der Waals surface area contributed by atoms with Gasteiger partial charge in [0.1, 0.15) is 5.75 Å². The zero-order chi connectivity index (χ0) is 15.2. The zero-order valence-electron chi connectivity index (χ0n) is 12.1. The van der Waals surface area contributed by atoms with E-state index in [0.29, 0.717) is 12.0 Å². The van der Waals surface area contributed by atoms with Crippen molar-refractivity contribution in [2.45, 2.75) is 12.5 Å². The van der Waals surface area contributed by atoms with Crippen LogP contribution < -0.4 is 20.7 Å². The van der Waals surface area contributed by atoms with Gasteiger partial charge in [0.25, 0.3) is 0 Å². The molecule has 0 saturated heterocycles. The molecule has 2 aromatic carbocycles. The minimum atomic E-state index is -0.405. The number of hydrazine groups is 1. The van der Waals surface area contributed by atoms with Crippen molar-refractivity contribution in [3.63, 3.8) is 0 Å². The van der Waals surface area contributed by atoms with Crippen molar-refractivity contribution in [1.29, 1.82) is 0 Å². The number of hydrogen-bond acceptors (Lipinski definition) is 4. The third kappa shape index (κ3) is 3.32. The maximum Gasteiger partial charge on any atom is 0.169 e. The van der Waals surface area contributed by atoms with Crippen molar-refractivity contribution in [2.75, 3.05) is 14.2 Å². The van der Waals surface area contributed by atoms with Crippen molar-refractivity contribution in [2.24, 2.45) is 5.84 Å². The molecule has 0 aliphatic rings. The third-order valence-electron chi connectivity index (χ3n) is 3.41. The Kier molecular flexibility index (Phi) is 5.14. The van der Waals surface area contributed by atoms with Crippen molar-refractivity contribution >= 4 is 0 Å². The summed E-state index contributed by atoms with van der Waals surface area (Å²) in [5.41, 5.74) is 4.07. The Morgan fingerprint density at radius 1 is 1.05 bits per heavy atom. The van der Waals surface area contributed by atoms with E-state index in [1.807, 2.05) is 24.3 Å². The smallest absolute Gasteiger partial charge is 0.169 e. The predicted molar refractivity (Wildman–Crippen MR) is 79.7 cm³/mol. The molecule has 0 aliphatic heterocycles. The van der Waals surface area contributed by atoms with E-state index in [1.165, 1.54) is 7.11 Å². The topological polar surface area (TPSA) is 56.5 Å². The Bertz CT molecular complexity index is 605. The minimum Gasteiger partial charge on any atom is -0.496 e. The summed E-state index contributed by atoms with van der Waals surface area (Å²) in [4.78, 5) is 0. The normalized spacial score (nSPS) is 12.0. The summed E-state index contributed by atoms with van der Waals surface area (Å²) in [5, 5.41) is 0. The minimum absolute atomic E-state index is 0.202. The van der Waals surface area contributed by atoms with Crippen LogP contribution in [0.25, 0.3) is 0 Å². The van der Waals surface area contributed by atoms with Crippen LogP contribution in [-0.4, -0.2) is 14.2 Å². The maximum absolute atomic E-state index is 14.3. The molecule has 0 fully saturated rings. The highest BCUT2D eigenvalue weighted by Crippen LogP contribution is 2.29. The van der Waals surface area contributed by atoms with Gasteiger partial charge in [-0.1, -0.05) is 30.3 Å². The molecule has 21 heavy (non-hydrogen) atoms. The first-order valence-corrected chi connectivity index (χ1v) is 6.61. The lowest BCUT2D eigenvalue weighted by Crippen LogP contribution is -2.30. The molecule has 0 radical (unpaired) electrons. The first kappa shape index (κ1) is 15.3. The second-order valence-electron chi connectivity index (χ2n) is 4.60. The second-order valence-corrected chi connectivity index (χ2v) is 4.60. The standard InChI is InChI=1S/C16H19FN2O2/c1-20-14-8-4-3-6-11(14)10-13(19-18)12-7-5-9-15(21-2)16(12)17/h3-9,13,19H,10,18H2,1-2H3. The number of hydrogen-bond donors (Lipinski definition) is 2. The van der Waals surface area contributed by atoms with Crippen LogP contribution in [0.1, 0.15) is 17.2 Å². The maximum atomic E-state index is 14.3. The molecule has 112 valence electrons. The van der Waals surface area contributed by atoms with Crippen LogP contribution in [0.15, 0.2) is 42.5 Å². The first-order chi connectivity index (χ1) is 10.2. The van der Waals surface area contributed by atoms with Crippen molar-refractivity contribution in [3.05, 3.63) is 59.4 Å². The molecule has 0 heterocycles. The van der Waals surface area contributed by atoms with Gasteiger partial charge in [0.15, 0.2) is 11.6 Å². The molecule has 0 bridgehead atoms. The predicted octanol–water partition coefficient (Wildman–Crippen LogP) is 2.59. The number of rotatable bonds is 6. The van der Waals surface area contributed by atoms with E-state index in [-0.39, 0.29) is 11.8 Å². The van der Waals surface area contributed by atoms with Crippen LogP contribution in [0.4, 0.5) is 4.39 Å². The summed E-state index contributed by atoms with van der Waals surface area (Å²) >= 11 is 0. The lowest BCUT2D eigenvalue weighted by molar-refractivity contribution is 0.378. The molecule has 1 atom stereocenters. The van der Waals surface area contributed by atoms with Gasteiger partial charge in [-0.05, 0) is 24.1 Å². The van der Waals surface area contributed by atoms with Gasteiger partial charge in [0.2, 0.25) is 0 Å². The fourth-order valence-electron chi connectivity index (χ4n) is 2.30. The number of nitrogens with one attached hydrogen (secondary N) is 1. The van der Waals surface area contributed by atoms with Gasteiger partial charge in [-0.3, -0.25) is 11.3 Å². The van der Waals surface area contributed by atoms with Crippen LogP contribution in [0, 0.1) is 5.82 Å². The number of ether oxygens (including phenoxy) is 2. The lowest BCUT2D eigenvalue weighted by atomic mass is 9.98. The van der Waals surface area contributed by atoms with Gasteiger partial charge in [0, 0.05) is 5.56 Å². The molecular weight excluding hydrogens is 271 g/mol. The Morgan fingerprint density at radius 2 is 1.71 bits per heavy atom. The number of nitrogens with two attached hydrogens (primary N) is 1. The average molecular weight is 290 g/mol. The number of halogens is 1. The van der Waals surface area contributed by atoms with E-state index in [4.69, 9.17) is 15.3 Å². The van der Waals surface area contributed by atoms with E-state index in [2.05, 4.69) is 5.43 Å². The summed E-state index contributed by atoms with van der Waals surface area (Å²) in [6, 6.07) is 12.2. The zero-order valence-corrected chi connectivity index (χ0v) is 12.1. The van der Waals surface area contributed by atoms with Gasteiger partial charge in [-0.25, -0.2) is 4.39 Å². The monoisotopic (exact) mass is 290 g/mol. The van der Waals surface area contributed by atoms with Crippen LogP contribution in [0.5, 0.6) is 11.5 Å².